The van der Waals surface area contributed by atoms with Gasteiger partial charge < -0.3 is 19.0 Å². The molecule has 3 atom stereocenters. The molecule has 96 valence electrons. The summed E-state index contributed by atoms with van der Waals surface area (Å²) in [4.78, 5) is 4.60. The fourth-order valence-corrected chi connectivity index (χ4v) is 2.49. The first-order valence-corrected chi connectivity index (χ1v) is 6.19. The molecule has 0 aromatic rings. The Hall–Kier alpha value is 0.0800. The molecule has 0 aromatic heterocycles. The minimum atomic E-state index is -0.0547. The first kappa shape index (κ1) is 16.1. The van der Waals surface area contributed by atoms with E-state index < -0.39 is 0 Å². The monoisotopic (exact) mass is 345 g/mol. The minimum Gasteiger partial charge on any atom is -0.399 e. The summed E-state index contributed by atoms with van der Waals surface area (Å²) >= 11 is 2.30. The quantitative estimate of drug-likeness (QED) is 0.275. The number of hydrogen-bond acceptors (Lipinski definition) is 5. The van der Waals surface area contributed by atoms with E-state index in [1.165, 1.54) is 7.11 Å². The molecule has 0 bridgehead atoms. The molecule has 0 aromatic carbocycles. The second kappa shape index (κ2) is 10.2. The van der Waals surface area contributed by atoms with Crippen molar-refractivity contribution in [3.05, 3.63) is 0 Å². The molecule has 0 aliphatic heterocycles. The lowest BCUT2D eigenvalue weighted by atomic mass is 10.1. The van der Waals surface area contributed by atoms with Crippen LogP contribution in [0.25, 0.3) is 0 Å². The van der Waals surface area contributed by atoms with Crippen molar-refractivity contribution < 1.29 is 19.0 Å². The SMILES string of the molecule is COC[C@H](I)[C@@H](OC)[C@@H](C/C=N/OC)OC. The molecule has 0 heterocycles. The van der Waals surface area contributed by atoms with Gasteiger partial charge in [-0.1, -0.05) is 27.7 Å². The number of ether oxygens (including phenoxy) is 3. The Bertz CT molecular complexity index is 192. The Morgan fingerprint density at radius 2 is 1.88 bits per heavy atom. The lowest BCUT2D eigenvalue weighted by Gasteiger charge is -2.27. The van der Waals surface area contributed by atoms with E-state index in [1.54, 1.807) is 27.5 Å². The van der Waals surface area contributed by atoms with Crippen LogP contribution in [0.3, 0.4) is 0 Å². The summed E-state index contributed by atoms with van der Waals surface area (Å²) in [5.74, 6) is 0. The van der Waals surface area contributed by atoms with E-state index in [2.05, 4.69) is 32.6 Å². The van der Waals surface area contributed by atoms with E-state index in [1.807, 2.05) is 0 Å². The van der Waals surface area contributed by atoms with Gasteiger partial charge in [0.1, 0.15) is 7.11 Å². The fraction of sp³-hybridized carbons (Fsp3) is 0.900. The van der Waals surface area contributed by atoms with Crippen molar-refractivity contribution >= 4 is 28.8 Å². The van der Waals surface area contributed by atoms with Gasteiger partial charge >= 0.3 is 0 Å². The molecule has 5 nitrogen and oxygen atoms in total. The summed E-state index contributed by atoms with van der Waals surface area (Å²) < 4.78 is 16.2. The van der Waals surface area contributed by atoms with Crippen molar-refractivity contribution in [3.8, 4) is 0 Å². The van der Waals surface area contributed by atoms with Crippen molar-refractivity contribution in [2.24, 2.45) is 5.16 Å². The molecular weight excluding hydrogens is 325 g/mol. The van der Waals surface area contributed by atoms with Gasteiger partial charge in [0.05, 0.1) is 22.7 Å². The minimum absolute atomic E-state index is 0.0335. The number of halogens is 1. The summed E-state index contributed by atoms with van der Waals surface area (Å²) in [5.41, 5.74) is 0. The number of hydrogen-bond donors (Lipinski definition) is 0. The molecule has 0 aliphatic rings. The molecule has 0 radical (unpaired) electrons. The van der Waals surface area contributed by atoms with Crippen LogP contribution in [0.15, 0.2) is 5.16 Å². The highest BCUT2D eigenvalue weighted by Gasteiger charge is 2.27. The maximum Gasteiger partial charge on any atom is 0.106 e. The standard InChI is InChI=1S/C10H20INO4/c1-13-7-8(11)10(15-3)9(14-2)5-6-12-16-4/h6,8-10H,5,7H2,1-4H3/b12-6+/t8-,9+,10+/m0/s1. The van der Waals surface area contributed by atoms with Gasteiger partial charge in [-0.05, 0) is 0 Å². The molecule has 0 spiro atoms. The van der Waals surface area contributed by atoms with Crippen LogP contribution in [0, 0.1) is 0 Å². The molecule has 0 amide bonds. The summed E-state index contributed by atoms with van der Waals surface area (Å²) in [7, 11) is 6.52. The molecule has 0 saturated heterocycles. The third kappa shape index (κ3) is 5.97. The van der Waals surface area contributed by atoms with Crippen LogP contribution < -0.4 is 0 Å². The van der Waals surface area contributed by atoms with Crippen LogP contribution >= 0.6 is 22.6 Å². The lowest BCUT2D eigenvalue weighted by Crippen LogP contribution is -2.39. The van der Waals surface area contributed by atoms with Crippen molar-refractivity contribution in [1.82, 2.24) is 0 Å². The van der Waals surface area contributed by atoms with Gasteiger partial charge in [0, 0.05) is 34.0 Å². The molecule has 6 heteroatoms. The first-order chi connectivity index (χ1) is 7.71. The van der Waals surface area contributed by atoms with Gasteiger partial charge in [0.25, 0.3) is 0 Å². The zero-order valence-corrected chi connectivity index (χ0v) is 12.3. The van der Waals surface area contributed by atoms with Gasteiger partial charge in [-0.15, -0.1) is 0 Å². The second-order valence-corrected chi connectivity index (χ2v) is 4.75. The zero-order valence-electron chi connectivity index (χ0n) is 10.2. The summed E-state index contributed by atoms with van der Waals surface area (Å²) in [6.45, 7) is 0.625. The highest BCUT2D eigenvalue weighted by molar-refractivity contribution is 14.1. The Morgan fingerprint density at radius 3 is 2.31 bits per heavy atom. The van der Waals surface area contributed by atoms with E-state index >= 15 is 0 Å². The highest BCUT2D eigenvalue weighted by Crippen LogP contribution is 2.17. The van der Waals surface area contributed by atoms with E-state index in [0.717, 1.165) is 0 Å². The fourth-order valence-electron chi connectivity index (χ4n) is 1.37. The van der Waals surface area contributed by atoms with Gasteiger partial charge in [0.15, 0.2) is 0 Å². The number of rotatable bonds is 9. The highest BCUT2D eigenvalue weighted by atomic mass is 127. The number of methoxy groups -OCH3 is 3. The van der Waals surface area contributed by atoms with Crippen molar-refractivity contribution in [3.63, 3.8) is 0 Å². The van der Waals surface area contributed by atoms with Crippen molar-refractivity contribution in [1.29, 1.82) is 0 Å². The number of alkyl halides is 1. The Balaban J connectivity index is 4.30. The van der Waals surface area contributed by atoms with Crippen LogP contribution in [-0.2, 0) is 19.0 Å². The van der Waals surface area contributed by atoms with E-state index in [0.29, 0.717) is 13.0 Å². The van der Waals surface area contributed by atoms with Crippen LogP contribution in [0.1, 0.15) is 6.42 Å². The Morgan fingerprint density at radius 1 is 1.19 bits per heavy atom. The largest absolute Gasteiger partial charge is 0.399 e. The molecule has 0 unspecified atom stereocenters. The second-order valence-electron chi connectivity index (χ2n) is 3.15. The van der Waals surface area contributed by atoms with E-state index in [4.69, 9.17) is 14.2 Å². The molecule has 16 heavy (non-hydrogen) atoms. The van der Waals surface area contributed by atoms with Crippen molar-refractivity contribution in [2.45, 2.75) is 22.6 Å². The van der Waals surface area contributed by atoms with Crippen LogP contribution in [0.2, 0.25) is 0 Å². The molecule has 0 saturated carbocycles. The van der Waals surface area contributed by atoms with Gasteiger partial charge in [-0.2, -0.15) is 0 Å². The van der Waals surface area contributed by atoms with Crippen molar-refractivity contribution in [2.75, 3.05) is 35.0 Å². The third-order valence-electron chi connectivity index (χ3n) is 2.14. The first-order valence-electron chi connectivity index (χ1n) is 4.94. The Labute approximate surface area is 111 Å². The normalized spacial score (nSPS) is 17.3. The van der Waals surface area contributed by atoms with E-state index in [9.17, 15) is 0 Å². The number of oxime groups is 1. The maximum absolute atomic E-state index is 5.43. The molecule has 0 rings (SSSR count). The lowest BCUT2D eigenvalue weighted by molar-refractivity contribution is -0.0375. The third-order valence-corrected chi connectivity index (χ3v) is 3.21. The molecule has 0 fully saturated rings. The van der Waals surface area contributed by atoms with Crippen LogP contribution in [0.5, 0.6) is 0 Å². The topological polar surface area (TPSA) is 49.3 Å². The zero-order chi connectivity index (χ0) is 12.4. The van der Waals surface area contributed by atoms with Crippen LogP contribution in [0.4, 0.5) is 0 Å². The average Bonchev–Trinajstić information content (AvgIpc) is 2.28. The molecule has 0 N–H and O–H groups in total. The smallest absolute Gasteiger partial charge is 0.106 e. The average molecular weight is 345 g/mol. The van der Waals surface area contributed by atoms with Crippen LogP contribution in [-0.4, -0.2) is 57.4 Å². The predicted octanol–water partition coefficient (Wildman–Crippen LogP) is 1.49. The van der Waals surface area contributed by atoms with Gasteiger partial charge in [0.2, 0.25) is 0 Å². The van der Waals surface area contributed by atoms with Gasteiger partial charge in [-0.25, -0.2) is 0 Å². The maximum atomic E-state index is 5.43. The summed E-state index contributed by atoms with van der Waals surface area (Å²) in [5, 5.41) is 3.69. The summed E-state index contributed by atoms with van der Waals surface area (Å²) in [6.07, 6.45) is 2.23. The molecular formula is C10H20INO4. The summed E-state index contributed by atoms with van der Waals surface area (Å²) in [6, 6.07) is 0. The van der Waals surface area contributed by atoms with Gasteiger partial charge in [-0.3, -0.25) is 0 Å². The number of nitrogens with zero attached hydrogens (tertiary/aromatic N) is 1. The predicted molar refractivity (Wildman–Crippen MR) is 71.4 cm³/mol. The Kier molecular flexibility index (Phi) is 10.3. The van der Waals surface area contributed by atoms with E-state index in [-0.39, 0.29) is 16.1 Å². The molecule has 0 aliphatic carbocycles.